The van der Waals surface area contributed by atoms with Crippen molar-refractivity contribution in [3.05, 3.63) is 58.5 Å². The molecule has 0 saturated heterocycles. The van der Waals surface area contributed by atoms with Gasteiger partial charge in [-0.1, -0.05) is 18.2 Å². The van der Waals surface area contributed by atoms with E-state index in [9.17, 15) is 14.4 Å². The number of aromatic nitrogens is 2. The van der Waals surface area contributed by atoms with Crippen molar-refractivity contribution in [2.45, 2.75) is 12.8 Å². The largest absolute Gasteiger partial charge is 0.480 e. The lowest BCUT2D eigenvalue weighted by Crippen LogP contribution is -2.29. The van der Waals surface area contributed by atoms with Gasteiger partial charge in [0.25, 0.3) is 5.56 Å². The molecule has 0 radical (unpaired) electrons. The number of fused-ring (bicyclic) bond motifs is 1. The highest BCUT2D eigenvalue weighted by molar-refractivity contribution is 7.21. The molecule has 1 amide bonds. The van der Waals surface area contributed by atoms with Crippen LogP contribution >= 0.6 is 11.3 Å². The van der Waals surface area contributed by atoms with Gasteiger partial charge in [-0.15, -0.1) is 11.3 Å². The Kier molecular flexibility index (Phi) is 5.33. The standard InChI is InChI=1S/C18H15N3O4S/c22-15(19-10-16(23)24)9-8-11-4-3-6-13(20-11)18-21-17(25)12-5-1-2-7-14(12)26-18/h1-7H,8-10H2,(H,19,22)(H,23,24). The third kappa shape index (κ3) is 4.28. The fraction of sp³-hybridized carbons (Fsp3) is 0.167. The minimum absolute atomic E-state index is 0.130. The summed E-state index contributed by atoms with van der Waals surface area (Å²) in [6.45, 7) is -0.402. The Morgan fingerprint density at radius 2 is 1.88 bits per heavy atom. The molecule has 0 unspecified atom stereocenters. The summed E-state index contributed by atoms with van der Waals surface area (Å²) in [6.07, 6.45) is 0.493. The van der Waals surface area contributed by atoms with E-state index in [0.29, 0.717) is 28.2 Å². The van der Waals surface area contributed by atoms with Crippen LogP contribution < -0.4 is 10.9 Å². The molecule has 3 rings (SSSR count). The molecule has 3 aromatic rings. The van der Waals surface area contributed by atoms with E-state index in [0.717, 1.165) is 4.70 Å². The summed E-state index contributed by atoms with van der Waals surface area (Å²) < 4.78 is 0.836. The van der Waals surface area contributed by atoms with Gasteiger partial charge in [0.1, 0.15) is 11.6 Å². The highest BCUT2D eigenvalue weighted by atomic mass is 32.1. The number of amides is 1. The van der Waals surface area contributed by atoms with Crippen LogP contribution in [0.25, 0.3) is 20.8 Å². The van der Waals surface area contributed by atoms with Crippen molar-refractivity contribution in [1.82, 2.24) is 15.3 Å². The number of rotatable bonds is 6. The predicted molar refractivity (Wildman–Crippen MR) is 98.1 cm³/mol. The smallest absolute Gasteiger partial charge is 0.322 e. The average Bonchev–Trinajstić information content (AvgIpc) is 2.65. The van der Waals surface area contributed by atoms with E-state index in [1.165, 1.54) is 11.3 Å². The molecular weight excluding hydrogens is 354 g/mol. The Balaban J connectivity index is 1.78. The van der Waals surface area contributed by atoms with Gasteiger partial charge in [-0.2, -0.15) is 4.98 Å². The maximum atomic E-state index is 12.2. The van der Waals surface area contributed by atoms with Crippen molar-refractivity contribution in [2.75, 3.05) is 6.54 Å². The number of aryl methyl sites for hydroxylation is 1. The minimum Gasteiger partial charge on any atom is -0.480 e. The summed E-state index contributed by atoms with van der Waals surface area (Å²) in [7, 11) is 0. The highest BCUT2D eigenvalue weighted by Gasteiger charge is 2.10. The SMILES string of the molecule is O=C(O)CNC(=O)CCc1cccc(-c2nc(=O)c3ccccc3s2)n1. The summed E-state index contributed by atoms with van der Waals surface area (Å²) in [5.74, 6) is -1.44. The molecule has 132 valence electrons. The van der Waals surface area contributed by atoms with E-state index in [1.807, 2.05) is 12.1 Å². The predicted octanol–water partition coefficient (Wildman–Crippen LogP) is 1.85. The van der Waals surface area contributed by atoms with Gasteiger partial charge in [0.2, 0.25) is 5.91 Å². The topological polar surface area (TPSA) is 109 Å². The van der Waals surface area contributed by atoms with Crippen LogP contribution in [-0.2, 0) is 16.0 Å². The van der Waals surface area contributed by atoms with Crippen molar-refractivity contribution in [2.24, 2.45) is 0 Å². The Morgan fingerprint density at radius 3 is 2.69 bits per heavy atom. The first-order valence-electron chi connectivity index (χ1n) is 7.87. The van der Waals surface area contributed by atoms with Gasteiger partial charge in [0.05, 0.1) is 11.1 Å². The zero-order valence-electron chi connectivity index (χ0n) is 13.6. The summed E-state index contributed by atoms with van der Waals surface area (Å²) in [6, 6.07) is 12.6. The van der Waals surface area contributed by atoms with Gasteiger partial charge in [0.15, 0.2) is 0 Å². The summed E-state index contributed by atoms with van der Waals surface area (Å²) in [5, 5.41) is 12.0. The van der Waals surface area contributed by atoms with Crippen LogP contribution in [-0.4, -0.2) is 33.5 Å². The molecule has 2 heterocycles. The lowest BCUT2D eigenvalue weighted by molar-refractivity contribution is -0.137. The lowest BCUT2D eigenvalue weighted by Gasteiger charge is -2.05. The Labute approximate surface area is 152 Å². The first-order chi connectivity index (χ1) is 12.5. The third-order valence-corrected chi connectivity index (χ3v) is 4.67. The third-order valence-electron chi connectivity index (χ3n) is 3.60. The number of carbonyl (C=O) groups excluding carboxylic acids is 1. The quantitative estimate of drug-likeness (QED) is 0.686. The number of hydrogen-bond acceptors (Lipinski definition) is 6. The first kappa shape index (κ1) is 17.7. The molecule has 0 aliphatic heterocycles. The number of nitrogens with one attached hydrogen (secondary N) is 1. The van der Waals surface area contributed by atoms with Gasteiger partial charge in [-0.3, -0.25) is 19.4 Å². The van der Waals surface area contributed by atoms with E-state index in [2.05, 4.69) is 15.3 Å². The van der Waals surface area contributed by atoms with Gasteiger partial charge >= 0.3 is 5.97 Å². The van der Waals surface area contributed by atoms with Crippen LogP contribution in [0.1, 0.15) is 12.1 Å². The fourth-order valence-corrected chi connectivity index (χ4v) is 3.33. The molecular formula is C18H15N3O4S. The zero-order valence-corrected chi connectivity index (χ0v) is 14.5. The summed E-state index contributed by atoms with van der Waals surface area (Å²) >= 11 is 1.38. The number of carboxylic acid groups (broad SMARTS) is 1. The second-order valence-electron chi connectivity index (χ2n) is 5.50. The number of nitrogens with zero attached hydrogens (tertiary/aromatic N) is 2. The number of pyridine rings is 1. The monoisotopic (exact) mass is 369 g/mol. The molecule has 0 atom stereocenters. The molecule has 26 heavy (non-hydrogen) atoms. The van der Waals surface area contributed by atoms with E-state index in [1.54, 1.807) is 30.3 Å². The normalized spacial score (nSPS) is 10.6. The molecule has 0 saturated carbocycles. The average molecular weight is 369 g/mol. The van der Waals surface area contributed by atoms with Gasteiger partial charge in [0, 0.05) is 16.8 Å². The minimum atomic E-state index is -1.09. The maximum Gasteiger partial charge on any atom is 0.322 e. The van der Waals surface area contributed by atoms with Crippen molar-refractivity contribution in [3.63, 3.8) is 0 Å². The fourth-order valence-electron chi connectivity index (χ4n) is 2.36. The first-order valence-corrected chi connectivity index (χ1v) is 8.69. The van der Waals surface area contributed by atoms with E-state index < -0.39 is 12.5 Å². The molecule has 0 fully saturated rings. The van der Waals surface area contributed by atoms with E-state index >= 15 is 0 Å². The van der Waals surface area contributed by atoms with Gasteiger partial charge in [-0.05, 0) is 30.7 Å². The van der Waals surface area contributed by atoms with Gasteiger partial charge in [-0.25, -0.2) is 0 Å². The number of hydrogen-bond donors (Lipinski definition) is 2. The van der Waals surface area contributed by atoms with E-state index in [4.69, 9.17) is 5.11 Å². The van der Waals surface area contributed by atoms with Crippen LogP contribution in [0.2, 0.25) is 0 Å². The number of aliphatic carboxylic acids is 1. The second-order valence-corrected chi connectivity index (χ2v) is 6.54. The Morgan fingerprint density at radius 1 is 1.08 bits per heavy atom. The van der Waals surface area contributed by atoms with Crippen LogP contribution in [0.4, 0.5) is 0 Å². The molecule has 0 aliphatic rings. The van der Waals surface area contributed by atoms with Crippen molar-refractivity contribution < 1.29 is 14.7 Å². The van der Waals surface area contributed by atoms with Crippen molar-refractivity contribution >= 4 is 33.3 Å². The molecule has 0 spiro atoms. The highest BCUT2D eigenvalue weighted by Crippen LogP contribution is 2.24. The molecule has 7 nitrogen and oxygen atoms in total. The van der Waals surface area contributed by atoms with Crippen molar-refractivity contribution in [3.8, 4) is 10.7 Å². The van der Waals surface area contributed by atoms with Gasteiger partial charge < -0.3 is 10.4 Å². The molecule has 0 aliphatic carbocycles. The maximum absolute atomic E-state index is 12.2. The molecule has 8 heteroatoms. The van der Waals surface area contributed by atoms with Crippen LogP contribution in [0.5, 0.6) is 0 Å². The Bertz CT molecular complexity index is 1030. The van der Waals surface area contributed by atoms with Crippen LogP contribution in [0.15, 0.2) is 47.3 Å². The lowest BCUT2D eigenvalue weighted by atomic mass is 10.2. The molecule has 2 N–H and O–H groups in total. The van der Waals surface area contributed by atoms with Crippen LogP contribution in [0.3, 0.4) is 0 Å². The zero-order chi connectivity index (χ0) is 18.5. The van der Waals surface area contributed by atoms with Crippen molar-refractivity contribution in [1.29, 1.82) is 0 Å². The molecule has 2 aromatic heterocycles. The summed E-state index contributed by atoms with van der Waals surface area (Å²) in [4.78, 5) is 42.8. The second kappa shape index (κ2) is 7.83. The van der Waals surface area contributed by atoms with Crippen LogP contribution in [0, 0.1) is 0 Å². The van der Waals surface area contributed by atoms with E-state index in [-0.39, 0.29) is 17.9 Å². The Hall–Kier alpha value is -3.13. The number of benzene rings is 1. The molecule has 1 aromatic carbocycles. The molecule has 0 bridgehead atoms. The number of carboxylic acids is 1. The number of carbonyl (C=O) groups is 2. The summed E-state index contributed by atoms with van der Waals surface area (Å²) in [5.41, 5.74) is 0.943.